The normalized spacial score (nSPS) is 12.2. The van der Waals surface area contributed by atoms with Crippen LogP contribution in [0.2, 0.25) is 0 Å². The second kappa shape index (κ2) is 5.14. The van der Waals surface area contributed by atoms with Crippen molar-refractivity contribution in [1.82, 2.24) is 0 Å². The molecular weight excluding hydrogens is 258 g/mol. The molecule has 0 saturated carbocycles. The Morgan fingerprint density at radius 3 is 2.87 bits per heavy atom. The molecule has 0 heterocycles. The van der Waals surface area contributed by atoms with E-state index >= 15 is 0 Å². The molecule has 0 aliphatic carbocycles. The predicted molar refractivity (Wildman–Crippen MR) is 64.5 cm³/mol. The van der Waals surface area contributed by atoms with Crippen molar-refractivity contribution in [3.05, 3.63) is 28.2 Å². The van der Waals surface area contributed by atoms with Gasteiger partial charge in [-0.05, 0) is 40.5 Å². The number of halogens is 1. The van der Waals surface area contributed by atoms with Crippen LogP contribution in [-0.2, 0) is 4.79 Å². The molecule has 1 rings (SSSR count). The van der Waals surface area contributed by atoms with E-state index in [2.05, 4.69) is 21.2 Å². The average Bonchev–Trinajstić information content (AvgIpc) is 2.18. The second-order valence-electron chi connectivity index (χ2n) is 3.37. The van der Waals surface area contributed by atoms with Crippen LogP contribution >= 0.6 is 15.9 Å². The van der Waals surface area contributed by atoms with Crippen molar-refractivity contribution in [2.45, 2.75) is 13.0 Å². The van der Waals surface area contributed by atoms with E-state index in [-0.39, 0.29) is 0 Å². The maximum atomic E-state index is 10.7. The molecule has 1 atom stereocenters. The SMILES string of the molecule is Cc1ccc(Br)c(NCC(N)C(N)=O)c1. The summed E-state index contributed by atoms with van der Waals surface area (Å²) in [7, 11) is 0. The van der Waals surface area contributed by atoms with E-state index in [0.717, 1.165) is 15.7 Å². The first kappa shape index (κ1) is 12.0. The summed E-state index contributed by atoms with van der Waals surface area (Å²) in [6, 6.07) is 5.23. The molecule has 0 saturated heterocycles. The second-order valence-corrected chi connectivity index (χ2v) is 4.23. The fraction of sp³-hybridized carbons (Fsp3) is 0.300. The zero-order valence-electron chi connectivity index (χ0n) is 8.46. The van der Waals surface area contributed by atoms with Gasteiger partial charge < -0.3 is 16.8 Å². The molecule has 15 heavy (non-hydrogen) atoms. The van der Waals surface area contributed by atoms with Gasteiger partial charge in [0.05, 0.1) is 0 Å². The fourth-order valence-electron chi connectivity index (χ4n) is 1.10. The molecule has 0 radical (unpaired) electrons. The van der Waals surface area contributed by atoms with Gasteiger partial charge in [0.25, 0.3) is 0 Å². The number of carbonyl (C=O) groups is 1. The molecular formula is C10H14BrN3O. The van der Waals surface area contributed by atoms with Crippen molar-refractivity contribution in [2.75, 3.05) is 11.9 Å². The molecule has 1 unspecified atom stereocenters. The first-order valence-electron chi connectivity index (χ1n) is 4.55. The first-order valence-corrected chi connectivity index (χ1v) is 5.35. The summed E-state index contributed by atoms with van der Waals surface area (Å²) < 4.78 is 0.935. The molecule has 0 aliphatic rings. The average molecular weight is 272 g/mol. The summed E-state index contributed by atoms with van der Waals surface area (Å²) in [5.74, 6) is -0.508. The molecule has 0 spiro atoms. The standard InChI is InChI=1S/C10H14BrN3O/c1-6-2-3-7(11)9(4-6)14-5-8(12)10(13)15/h2-4,8,14H,5,12H2,1H3,(H2,13,15). The Morgan fingerprint density at radius 2 is 2.27 bits per heavy atom. The number of hydrogen-bond acceptors (Lipinski definition) is 3. The number of aryl methyl sites for hydroxylation is 1. The highest BCUT2D eigenvalue weighted by Crippen LogP contribution is 2.22. The van der Waals surface area contributed by atoms with E-state index in [0.29, 0.717) is 6.54 Å². The Balaban J connectivity index is 2.65. The van der Waals surface area contributed by atoms with Gasteiger partial charge >= 0.3 is 0 Å². The van der Waals surface area contributed by atoms with Gasteiger partial charge in [0, 0.05) is 16.7 Å². The maximum absolute atomic E-state index is 10.7. The van der Waals surface area contributed by atoms with Crippen molar-refractivity contribution in [2.24, 2.45) is 11.5 Å². The van der Waals surface area contributed by atoms with E-state index in [1.807, 2.05) is 25.1 Å². The van der Waals surface area contributed by atoms with E-state index in [1.165, 1.54) is 0 Å². The van der Waals surface area contributed by atoms with Gasteiger partial charge in [-0.2, -0.15) is 0 Å². The predicted octanol–water partition coefficient (Wildman–Crippen LogP) is 0.982. The molecule has 5 N–H and O–H groups in total. The van der Waals surface area contributed by atoms with Crippen LogP contribution in [0.25, 0.3) is 0 Å². The topological polar surface area (TPSA) is 81.1 Å². The number of anilines is 1. The van der Waals surface area contributed by atoms with Crippen molar-refractivity contribution in [1.29, 1.82) is 0 Å². The molecule has 1 amide bonds. The first-order chi connectivity index (χ1) is 7.00. The van der Waals surface area contributed by atoms with Gasteiger partial charge in [0.15, 0.2) is 0 Å². The largest absolute Gasteiger partial charge is 0.382 e. The van der Waals surface area contributed by atoms with Crippen molar-refractivity contribution < 1.29 is 4.79 Å². The zero-order chi connectivity index (χ0) is 11.4. The fourth-order valence-corrected chi connectivity index (χ4v) is 1.48. The van der Waals surface area contributed by atoms with Crippen LogP contribution in [0.15, 0.2) is 22.7 Å². The van der Waals surface area contributed by atoms with E-state index in [1.54, 1.807) is 0 Å². The van der Waals surface area contributed by atoms with Crippen LogP contribution in [0.5, 0.6) is 0 Å². The summed E-state index contributed by atoms with van der Waals surface area (Å²) >= 11 is 3.40. The third kappa shape index (κ3) is 3.53. The number of nitrogens with one attached hydrogen (secondary N) is 1. The third-order valence-electron chi connectivity index (χ3n) is 2.00. The number of nitrogens with two attached hydrogens (primary N) is 2. The maximum Gasteiger partial charge on any atom is 0.236 e. The highest BCUT2D eigenvalue weighted by molar-refractivity contribution is 9.10. The molecule has 1 aromatic carbocycles. The van der Waals surface area contributed by atoms with Crippen molar-refractivity contribution in [3.8, 4) is 0 Å². The van der Waals surface area contributed by atoms with E-state index < -0.39 is 11.9 Å². The Bertz CT molecular complexity index is 368. The Kier molecular flexibility index (Phi) is 4.11. The number of benzene rings is 1. The van der Waals surface area contributed by atoms with Gasteiger partial charge in [-0.25, -0.2) is 0 Å². The summed E-state index contributed by atoms with van der Waals surface area (Å²) in [6.45, 7) is 2.32. The molecule has 5 heteroatoms. The lowest BCUT2D eigenvalue weighted by atomic mass is 10.2. The summed E-state index contributed by atoms with van der Waals surface area (Å²) in [4.78, 5) is 10.7. The van der Waals surface area contributed by atoms with Gasteiger partial charge in [-0.1, -0.05) is 6.07 Å². The van der Waals surface area contributed by atoms with Crippen LogP contribution in [0.3, 0.4) is 0 Å². The number of primary amides is 1. The van der Waals surface area contributed by atoms with Crippen LogP contribution in [0, 0.1) is 6.92 Å². The Labute approximate surface area is 97.1 Å². The van der Waals surface area contributed by atoms with Crippen LogP contribution < -0.4 is 16.8 Å². The lowest BCUT2D eigenvalue weighted by molar-refractivity contribution is -0.118. The molecule has 0 aliphatic heterocycles. The molecule has 1 aromatic rings. The molecule has 0 bridgehead atoms. The van der Waals surface area contributed by atoms with Gasteiger partial charge in [0.1, 0.15) is 6.04 Å². The van der Waals surface area contributed by atoms with Crippen LogP contribution in [-0.4, -0.2) is 18.5 Å². The minimum Gasteiger partial charge on any atom is -0.382 e. The minimum atomic E-state index is -0.669. The number of carbonyl (C=O) groups excluding carboxylic acids is 1. The zero-order valence-corrected chi connectivity index (χ0v) is 10.0. The van der Waals surface area contributed by atoms with E-state index in [4.69, 9.17) is 11.5 Å². The Hall–Kier alpha value is -1.07. The highest BCUT2D eigenvalue weighted by atomic mass is 79.9. The summed E-state index contributed by atoms with van der Waals surface area (Å²) in [6.07, 6.45) is 0. The highest BCUT2D eigenvalue weighted by Gasteiger charge is 2.09. The minimum absolute atomic E-state index is 0.331. The Morgan fingerprint density at radius 1 is 1.60 bits per heavy atom. The van der Waals surface area contributed by atoms with Gasteiger partial charge in [-0.15, -0.1) is 0 Å². The molecule has 0 aromatic heterocycles. The quantitative estimate of drug-likeness (QED) is 0.764. The molecule has 82 valence electrons. The summed E-state index contributed by atoms with van der Waals surface area (Å²) in [5.41, 5.74) is 12.6. The smallest absolute Gasteiger partial charge is 0.236 e. The van der Waals surface area contributed by atoms with Crippen molar-refractivity contribution in [3.63, 3.8) is 0 Å². The van der Waals surface area contributed by atoms with Crippen LogP contribution in [0.4, 0.5) is 5.69 Å². The van der Waals surface area contributed by atoms with Gasteiger partial charge in [0.2, 0.25) is 5.91 Å². The monoisotopic (exact) mass is 271 g/mol. The third-order valence-corrected chi connectivity index (χ3v) is 2.69. The lowest BCUT2D eigenvalue weighted by Crippen LogP contribution is -2.41. The molecule has 0 fully saturated rings. The number of hydrogen-bond donors (Lipinski definition) is 3. The van der Waals surface area contributed by atoms with Crippen LogP contribution in [0.1, 0.15) is 5.56 Å². The molecule has 4 nitrogen and oxygen atoms in total. The number of rotatable bonds is 4. The van der Waals surface area contributed by atoms with Crippen molar-refractivity contribution >= 4 is 27.5 Å². The number of amides is 1. The lowest BCUT2D eigenvalue weighted by Gasteiger charge is -2.12. The van der Waals surface area contributed by atoms with Gasteiger partial charge in [-0.3, -0.25) is 4.79 Å². The summed E-state index contributed by atoms with van der Waals surface area (Å²) in [5, 5.41) is 3.06. The van der Waals surface area contributed by atoms with E-state index in [9.17, 15) is 4.79 Å².